The van der Waals surface area contributed by atoms with Crippen molar-refractivity contribution >= 4 is 22.6 Å². The maximum Gasteiger partial charge on any atom is 0.166 e. The molecule has 0 unspecified atom stereocenters. The predicted octanol–water partition coefficient (Wildman–Crippen LogP) is 7.00. The largest absolute Gasteiger partial charge is 0.206 e. The molecule has 0 aliphatic rings. The smallest absolute Gasteiger partial charge is 0.166 e. The summed E-state index contributed by atoms with van der Waals surface area (Å²) in [6.45, 7) is 1.93. The Kier molecular flexibility index (Phi) is 5.47. The molecule has 0 saturated carbocycles. The van der Waals surface area contributed by atoms with Gasteiger partial charge in [0.1, 0.15) is 5.82 Å². The van der Waals surface area contributed by atoms with Gasteiger partial charge in [-0.3, -0.25) is 0 Å². The first-order chi connectivity index (χ1) is 12.0. The first kappa shape index (κ1) is 18.0. The van der Waals surface area contributed by atoms with Gasteiger partial charge in [-0.25, -0.2) is 13.2 Å². The minimum atomic E-state index is -0.820. The molecule has 0 atom stereocenters. The van der Waals surface area contributed by atoms with E-state index in [0.29, 0.717) is 21.1 Å². The third kappa shape index (κ3) is 3.73. The lowest BCUT2D eigenvalue weighted by atomic mass is 9.98. The van der Waals surface area contributed by atoms with Gasteiger partial charge in [0, 0.05) is 9.13 Å². The van der Waals surface area contributed by atoms with Crippen LogP contribution < -0.4 is 0 Å². The highest BCUT2D eigenvalue weighted by Gasteiger charge is 2.14. The summed E-state index contributed by atoms with van der Waals surface area (Å²) in [6.07, 6.45) is 1.28. The molecule has 0 amide bonds. The van der Waals surface area contributed by atoms with E-state index in [1.54, 1.807) is 42.5 Å². The molecule has 0 aliphatic carbocycles. The second kappa shape index (κ2) is 7.60. The van der Waals surface area contributed by atoms with Gasteiger partial charge in [-0.2, -0.15) is 0 Å². The molecule has 4 heteroatoms. The van der Waals surface area contributed by atoms with Gasteiger partial charge >= 0.3 is 0 Å². The van der Waals surface area contributed by atoms with E-state index in [4.69, 9.17) is 0 Å². The highest BCUT2D eigenvalue weighted by atomic mass is 127. The molecule has 3 rings (SSSR count). The summed E-state index contributed by atoms with van der Waals surface area (Å²) >= 11 is 1.94. The Hall–Kier alpha value is -1.82. The minimum absolute atomic E-state index is 0.234. The molecule has 128 valence electrons. The second-order valence-corrected chi connectivity index (χ2v) is 7.02. The molecule has 0 radical (unpaired) electrons. The third-order valence-electron chi connectivity index (χ3n) is 4.13. The molecule has 0 bridgehead atoms. The average Bonchev–Trinajstić information content (AvgIpc) is 2.62. The number of benzene rings is 3. The van der Waals surface area contributed by atoms with Crippen molar-refractivity contribution < 1.29 is 13.2 Å². The van der Waals surface area contributed by atoms with Crippen LogP contribution in [0.1, 0.15) is 18.9 Å². The molecule has 0 nitrogen and oxygen atoms in total. The topological polar surface area (TPSA) is 0 Å². The van der Waals surface area contributed by atoms with Crippen molar-refractivity contribution in [1.29, 1.82) is 0 Å². The maximum atomic E-state index is 14.4. The molecule has 0 spiro atoms. The van der Waals surface area contributed by atoms with Gasteiger partial charge in [0.05, 0.1) is 0 Å². The van der Waals surface area contributed by atoms with Crippen LogP contribution in [0.25, 0.3) is 22.3 Å². The van der Waals surface area contributed by atoms with Crippen molar-refractivity contribution in [2.45, 2.75) is 19.8 Å². The van der Waals surface area contributed by atoms with Crippen molar-refractivity contribution in [1.82, 2.24) is 0 Å². The Morgan fingerprint density at radius 3 is 2.04 bits per heavy atom. The Balaban J connectivity index is 1.95. The lowest BCUT2D eigenvalue weighted by molar-refractivity contribution is 0.500. The van der Waals surface area contributed by atoms with E-state index in [1.807, 2.05) is 35.6 Å². The van der Waals surface area contributed by atoms with Crippen LogP contribution in [0.3, 0.4) is 0 Å². The Labute approximate surface area is 158 Å². The average molecular weight is 452 g/mol. The Morgan fingerprint density at radius 1 is 0.760 bits per heavy atom. The Bertz CT molecular complexity index is 902. The lowest BCUT2D eigenvalue weighted by Crippen LogP contribution is -1.97. The lowest BCUT2D eigenvalue weighted by Gasteiger charge is -2.09. The van der Waals surface area contributed by atoms with E-state index in [2.05, 4.69) is 0 Å². The molecule has 0 heterocycles. The minimum Gasteiger partial charge on any atom is -0.206 e. The quantitative estimate of drug-likeness (QED) is 0.374. The number of halogens is 4. The number of hydrogen-bond acceptors (Lipinski definition) is 0. The van der Waals surface area contributed by atoms with Crippen LogP contribution in [0.5, 0.6) is 0 Å². The van der Waals surface area contributed by atoms with Gasteiger partial charge in [0.15, 0.2) is 11.6 Å². The van der Waals surface area contributed by atoms with Crippen molar-refractivity contribution in [2.24, 2.45) is 0 Å². The van der Waals surface area contributed by atoms with Gasteiger partial charge in [-0.05, 0) is 63.4 Å². The van der Waals surface area contributed by atoms with Gasteiger partial charge in [0.2, 0.25) is 0 Å². The van der Waals surface area contributed by atoms with Crippen LogP contribution in [-0.2, 0) is 6.42 Å². The Morgan fingerprint density at radius 2 is 1.40 bits per heavy atom. The molecule has 0 aromatic heterocycles. The maximum absolute atomic E-state index is 14.4. The summed E-state index contributed by atoms with van der Waals surface area (Å²) in [7, 11) is 0. The highest BCUT2D eigenvalue weighted by molar-refractivity contribution is 14.1. The van der Waals surface area contributed by atoms with Gasteiger partial charge in [-0.1, -0.05) is 55.8 Å². The first-order valence-corrected chi connectivity index (χ1v) is 9.12. The highest BCUT2D eigenvalue weighted by Crippen LogP contribution is 2.30. The second-order valence-electron chi connectivity index (χ2n) is 5.86. The first-order valence-electron chi connectivity index (χ1n) is 8.04. The summed E-state index contributed by atoms with van der Waals surface area (Å²) in [4.78, 5) is 0. The SMILES string of the molecule is CCCc1ccc(-c2ccc(-c3ccc(I)c(F)c3)cc2)c(F)c1F. The van der Waals surface area contributed by atoms with Gasteiger partial charge in [0.25, 0.3) is 0 Å². The summed E-state index contributed by atoms with van der Waals surface area (Å²) in [5.74, 6) is -1.87. The van der Waals surface area contributed by atoms with Crippen LogP contribution in [-0.4, -0.2) is 0 Å². The van der Waals surface area contributed by atoms with Crippen molar-refractivity contribution in [3.8, 4) is 22.3 Å². The molecular weight excluding hydrogens is 436 g/mol. The standard InChI is InChI=1S/C21H16F3I/c1-2-3-15-8-10-17(21(24)20(15)23)14-6-4-13(5-7-14)16-9-11-19(25)18(22)12-16/h4-12H,2-3H2,1H3. The number of rotatable bonds is 4. The predicted molar refractivity (Wildman–Crippen MR) is 104 cm³/mol. The van der Waals surface area contributed by atoms with Crippen molar-refractivity contribution in [3.63, 3.8) is 0 Å². The summed E-state index contributed by atoms with van der Waals surface area (Å²) in [5, 5.41) is 0. The fourth-order valence-corrected chi connectivity index (χ4v) is 3.13. The number of aryl methyl sites for hydroxylation is 1. The zero-order valence-electron chi connectivity index (χ0n) is 13.6. The fourth-order valence-electron chi connectivity index (χ4n) is 2.79. The third-order valence-corrected chi connectivity index (χ3v) is 5.01. The van der Waals surface area contributed by atoms with Crippen LogP contribution >= 0.6 is 22.6 Å². The summed E-state index contributed by atoms with van der Waals surface area (Å²) in [5.41, 5.74) is 2.79. The molecular formula is C21H16F3I. The summed E-state index contributed by atoms with van der Waals surface area (Å²) < 4.78 is 42.8. The van der Waals surface area contributed by atoms with Crippen LogP contribution in [0.4, 0.5) is 13.2 Å². The van der Waals surface area contributed by atoms with E-state index in [9.17, 15) is 13.2 Å². The van der Waals surface area contributed by atoms with Gasteiger partial charge in [-0.15, -0.1) is 0 Å². The van der Waals surface area contributed by atoms with E-state index < -0.39 is 11.6 Å². The van der Waals surface area contributed by atoms with E-state index in [-0.39, 0.29) is 11.4 Å². The summed E-state index contributed by atoms with van der Waals surface area (Å²) in [6, 6.07) is 15.3. The van der Waals surface area contributed by atoms with E-state index >= 15 is 0 Å². The zero-order chi connectivity index (χ0) is 18.0. The molecule has 0 saturated heterocycles. The van der Waals surface area contributed by atoms with Crippen molar-refractivity contribution in [2.75, 3.05) is 0 Å². The molecule has 25 heavy (non-hydrogen) atoms. The van der Waals surface area contributed by atoms with Crippen molar-refractivity contribution in [3.05, 3.63) is 81.2 Å². The van der Waals surface area contributed by atoms with Crippen LogP contribution in [0, 0.1) is 21.0 Å². The normalized spacial score (nSPS) is 10.9. The van der Waals surface area contributed by atoms with Crippen LogP contribution in [0.2, 0.25) is 0 Å². The molecule has 0 N–H and O–H groups in total. The number of hydrogen-bond donors (Lipinski definition) is 0. The fraction of sp³-hybridized carbons (Fsp3) is 0.143. The molecule has 0 aliphatic heterocycles. The monoisotopic (exact) mass is 452 g/mol. The molecule has 0 fully saturated rings. The van der Waals surface area contributed by atoms with Crippen LogP contribution in [0.15, 0.2) is 54.6 Å². The van der Waals surface area contributed by atoms with E-state index in [0.717, 1.165) is 17.5 Å². The van der Waals surface area contributed by atoms with Gasteiger partial charge < -0.3 is 0 Å². The van der Waals surface area contributed by atoms with E-state index in [1.165, 1.54) is 6.07 Å². The molecule has 3 aromatic carbocycles. The molecule has 3 aromatic rings. The zero-order valence-corrected chi connectivity index (χ0v) is 15.8.